The third-order valence-corrected chi connectivity index (χ3v) is 3.98. The molecule has 0 spiro atoms. The highest BCUT2D eigenvalue weighted by atomic mass is 35.5. The second-order valence-corrected chi connectivity index (χ2v) is 5.61. The molecule has 0 saturated heterocycles. The number of anilines is 1. The molecule has 0 bridgehead atoms. The Morgan fingerprint density at radius 2 is 1.90 bits per heavy atom. The maximum absolute atomic E-state index is 13.6. The number of carbonyl (C=O) groups excluding carboxylic acids is 1. The van der Waals surface area contributed by atoms with Crippen LogP contribution in [0.2, 0.25) is 5.02 Å². The van der Waals surface area contributed by atoms with Gasteiger partial charge in [-0.3, -0.25) is 4.79 Å². The van der Waals surface area contributed by atoms with Crippen LogP contribution in [0.15, 0.2) is 42.5 Å². The minimum absolute atomic E-state index is 0.0188. The Morgan fingerprint density at radius 1 is 1.14 bits per heavy atom. The fraction of sp³-hybridized carbons (Fsp3) is 0.188. The van der Waals surface area contributed by atoms with E-state index in [1.165, 1.54) is 6.07 Å². The molecule has 0 unspecified atom stereocenters. The van der Waals surface area contributed by atoms with Crippen molar-refractivity contribution in [2.24, 2.45) is 0 Å². The van der Waals surface area contributed by atoms with E-state index in [9.17, 15) is 13.6 Å². The largest absolute Gasteiger partial charge is 0.323 e. The van der Waals surface area contributed by atoms with E-state index in [1.54, 1.807) is 18.2 Å². The molecule has 5 heteroatoms. The van der Waals surface area contributed by atoms with E-state index < -0.39 is 17.0 Å². The molecule has 0 aliphatic heterocycles. The molecule has 0 radical (unpaired) electrons. The first kappa shape index (κ1) is 14.0. The van der Waals surface area contributed by atoms with Crippen LogP contribution in [0.25, 0.3) is 0 Å². The quantitative estimate of drug-likeness (QED) is 0.900. The van der Waals surface area contributed by atoms with Crippen LogP contribution in [0, 0.1) is 11.6 Å². The van der Waals surface area contributed by atoms with Crippen LogP contribution in [0.4, 0.5) is 14.5 Å². The minimum atomic E-state index is -0.787. The summed E-state index contributed by atoms with van der Waals surface area (Å²) in [5, 5.41) is 3.09. The average Bonchev–Trinajstić information content (AvgIpc) is 3.23. The number of hydrogen-bond donors (Lipinski definition) is 1. The van der Waals surface area contributed by atoms with Crippen LogP contribution in [-0.4, -0.2) is 5.91 Å². The van der Waals surface area contributed by atoms with Crippen LogP contribution in [-0.2, 0) is 10.2 Å². The van der Waals surface area contributed by atoms with Gasteiger partial charge in [-0.2, -0.15) is 0 Å². The Hall–Kier alpha value is -1.94. The normalized spacial score (nSPS) is 15.6. The van der Waals surface area contributed by atoms with Crippen molar-refractivity contribution in [2.75, 3.05) is 5.32 Å². The number of halogens is 3. The highest BCUT2D eigenvalue weighted by Gasteiger charge is 2.51. The number of benzene rings is 2. The van der Waals surface area contributed by atoms with Crippen LogP contribution in [0.5, 0.6) is 0 Å². The first-order valence-corrected chi connectivity index (χ1v) is 6.92. The molecule has 21 heavy (non-hydrogen) atoms. The fourth-order valence-corrected chi connectivity index (χ4v) is 2.58. The Kier molecular flexibility index (Phi) is 3.41. The first-order valence-electron chi connectivity index (χ1n) is 6.54. The predicted molar refractivity (Wildman–Crippen MR) is 77.4 cm³/mol. The summed E-state index contributed by atoms with van der Waals surface area (Å²) in [4.78, 5) is 12.4. The molecule has 1 saturated carbocycles. The Morgan fingerprint density at radius 3 is 2.52 bits per heavy atom. The van der Waals surface area contributed by atoms with Crippen molar-refractivity contribution in [3.05, 3.63) is 64.7 Å². The molecular formula is C16H12ClF2NO. The second-order valence-electron chi connectivity index (χ2n) is 5.17. The van der Waals surface area contributed by atoms with E-state index in [1.807, 2.05) is 6.07 Å². The lowest BCUT2D eigenvalue weighted by molar-refractivity contribution is -0.118. The number of carbonyl (C=O) groups is 1. The summed E-state index contributed by atoms with van der Waals surface area (Å²) in [6.07, 6.45) is 1.37. The third-order valence-electron chi connectivity index (χ3n) is 3.74. The number of rotatable bonds is 3. The van der Waals surface area contributed by atoms with Crippen LogP contribution >= 0.6 is 11.6 Å². The molecule has 0 aromatic heterocycles. The van der Waals surface area contributed by atoms with Crippen molar-refractivity contribution in [1.29, 1.82) is 0 Å². The van der Waals surface area contributed by atoms with Gasteiger partial charge < -0.3 is 5.32 Å². The molecule has 2 aromatic carbocycles. The summed E-state index contributed by atoms with van der Waals surface area (Å²) in [6.45, 7) is 0. The molecule has 1 aliphatic rings. The van der Waals surface area contributed by atoms with Crippen molar-refractivity contribution in [3.63, 3.8) is 0 Å². The Bertz CT molecular complexity index is 713. The van der Waals surface area contributed by atoms with Gasteiger partial charge in [-0.05, 0) is 42.7 Å². The van der Waals surface area contributed by atoms with Crippen molar-refractivity contribution in [2.45, 2.75) is 18.3 Å². The van der Waals surface area contributed by atoms with Gasteiger partial charge in [0.2, 0.25) is 5.91 Å². The lowest BCUT2D eigenvalue weighted by Gasteiger charge is -2.16. The number of nitrogens with one attached hydrogen (secondary N) is 1. The van der Waals surface area contributed by atoms with Gasteiger partial charge in [-0.15, -0.1) is 0 Å². The van der Waals surface area contributed by atoms with Crippen LogP contribution < -0.4 is 5.32 Å². The monoisotopic (exact) mass is 307 g/mol. The molecule has 1 N–H and O–H groups in total. The zero-order valence-corrected chi connectivity index (χ0v) is 11.8. The highest BCUT2D eigenvalue weighted by molar-refractivity contribution is 6.30. The van der Waals surface area contributed by atoms with Gasteiger partial charge >= 0.3 is 0 Å². The van der Waals surface area contributed by atoms with Gasteiger partial charge in [0.25, 0.3) is 0 Å². The van der Waals surface area contributed by atoms with Crippen molar-refractivity contribution in [3.8, 4) is 0 Å². The summed E-state index contributed by atoms with van der Waals surface area (Å²) in [7, 11) is 0. The van der Waals surface area contributed by atoms with E-state index in [-0.39, 0.29) is 11.6 Å². The van der Waals surface area contributed by atoms with Crippen LogP contribution in [0.1, 0.15) is 18.4 Å². The molecule has 3 rings (SSSR count). The van der Waals surface area contributed by atoms with Crippen molar-refractivity contribution in [1.82, 2.24) is 0 Å². The Labute approximate surface area is 125 Å². The molecular weight excluding hydrogens is 296 g/mol. The molecule has 0 heterocycles. The minimum Gasteiger partial charge on any atom is -0.323 e. The Balaban J connectivity index is 1.85. The van der Waals surface area contributed by atoms with E-state index in [0.717, 1.165) is 17.7 Å². The molecule has 1 aliphatic carbocycles. The standard InChI is InChI=1S/C16H12ClF2NO/c17-11-3-1-2-10(8-11)16(6-7-16)15(21)20-14-5-4-12(18)9-13(14)19/h1-5,8-9H,6-7H2,(H,20,21). The summed E-state index contributed by atoms with van der Waals surface area (Å²) < 4.78 is 26.5. The van der Waals surface area contributed by atoms with Crippen LogP contribution in [0.3, 0.4) is 0 Å². The number of amides is 1. The van der Waals surface area contributed by atoms with Gasteiger partial charge in [0.15, 0.2) is 0 Å². The summed E-state index contributed by atoms with van der Waals surface area (Å²) >= 11 is 5.95. The molecule has 0 atom stereocenters. The highest BCUT2D eigenvalue weighted by Crippen LogP contribution is 2.49. The van der Waals surface area contributed by atoms with Gasteiger partial charge in [-0.25, -0.2) is 8.78 Å². The smallest absolute Gasteiger partial charge is 0.235 e. The van der Waals surface area contributed by atoms with Gasteiger partial charge in [0.05, 0.1) is 11.1 Å². The zero-order chi connectivity index (χ0) is 15.0. The lowest BCUT2D eigenvalue weighted by atomic mass is 9.95. The van der Waals surface area contributed by atoms with Crippen molar-refractivity contribution >= 4 is 23.2 Å². The molecule has 2 aromatic rings. The first-order chi connectivity index (χ1) is 10.0. The number of hydrogen-bond acceptors (Lipinski definition) is 1. The van der Waals surface area contributed by atoms with Crippen molar-refractivity contribution < 1.29 is 13.6 Å². The fourth-order valence-electron chi connectivity index (χ4n) is 2.39. The summed E-state index contributed by atoms with van der Waals surface area (Å²) in [5.41, 5.74) is 0.135. The molecule has 1 amide bonds. The molecule has 108 valence electrons. The lowest BCUT2D eigenvalue weighted by Crippen LogP contribution is -2.28. The zero-order valence-electron chi connectivity index (χ0n) is 11.0. The molecule has 2 nitrogen and oxygen atoms in total. The third kappa shape index (κ3) is 2.63. The van der Waals surface area contributed by atoms with E-state index in [4.69, 9.17) is 11.6 Å². The van der Waals surface area contributed by atoms with Gasteiger partial charge in [-0.1, -0.05) is 23.7 Å². The molecule has 1 fully saturated rings. The van der Waals surface area contributed by atoms with E-state index in [0.29, 0.717) is 17.9 Å². The maximum atomic E-state index is 13.6. The van der Waals surface area contributed by atoms with E-state index >= 15 is 0 Å². The SMILES string of the molecule is O=C(Nc1ccc(F)cc1F)C1(c2cccc(Cl)c2)CC1. The van der Waals surface area contributed by atoms with E-state index in [2.05, 4.69) is 5.32 Å². The van der Waals surface area contributed by atoms with Gasteiger partial charge in [0.1, 0.15) is 11.6 Å². The predicted octanol–water partition coefficient (Wildman–Crippen LogP) is 4.29. The summed E-state index contributed by atoms with van der Waals surface area (Å²) in [6, 6.07) is 10.2. The maximum Gasteiger partial charge on any atom is 0.235 e. The average molecular weight is 308 g/mol. The topological polar surface area (TPSA) is 29.1 Å². The second kappa shape index (κ2) is 5.11. The summed E-state index contributed by atoms with van der Waals surface area (Å²) in [5.74, 6) is -1.76. The van der Waals surface area contributed by atoms with Gasteiger partial charge in [0, 0.05) is 11.1 Å².